The van der Waals surface area contributed by atoms with E-state index in [1.165, 1.54) is 0 Å². The van der Waals surface area contributed by atoms with Crippen LogP contribution in [0.2, 0.25) is 0 Å². The van der Waals surface area contributed by atoms with Gasteiger partial charge in [-0.3, -0.25) is 14.5 Å². The molecule has 0 spiro atoms. The van der Waals surface area contributed by atoms with E-state index < -0.39 is 0 Å². The Kier molecular flexibility index (Phi) is 7.72. The fraction of sp³-hybridized carbons (Fsp3) is 0.391. The number of nitrogens with zero attached hydrogens (tertiary/aromatic N) is 2. The summed E-state index contributed by atoms with van der Waals surface area (Å²) in [7, 11) is 4.74. The number of anilines is 1. The van der Waals surface area contributed by atoms with Crippen LogP contribution >= 0.6 is 0 Å². The van der Waals surface area contributed by atoms with Gasteiger partial charge in [0.2, 0.25) is 11.8 Å². The Labute approximate surface area is 182 Å². The maximum atomic E-state index is 12.6. The molecule has 2 amide bonds. The molecule has 0 radical (unpaired) electrons. The molecule has 1 aliphatic heterocycles. The molecule has 1 fully saturated rings. The number of methoxy groups -OCH3 is 3. The molecule has 166 valence electrons. The highest BCUT2D eigenvalue weighted by Gasteiger charge is 2.22. The molecule has 8 heteroatoms. The molecule has 1 saturated heterocycles. The minimum atomic E-state index is -0.119. The maximum absolute atomic E-state index is 12.6. The van der Waals surface area contributed by atoms with Crippen LogP contribution in [0.1, 0.15) is 5.56 Å². The summed E-state index contributed by atoms with van der Waals surface area (Å²) in [5.41, 5.74) is 1.55. The Hall–Kier alpha value is -3.26. The van der Waals surface area contributed by atoms with Crippen LogP contribution in [0.4, 0.5) is 5.69 Å². The smallest absolute Gasteiger partial charge is 0.238 e. The highest BCUT2D eigenvalue weighted by Crippen LogP contribution is 2.25. The quantitative estimate of drug-likeness (QED) is 0.695. The summed E-state index contributed by atoms with van der Waals surface area (Å²) >= 11 is 0. The van der Waals surface area contributed by atoms with E-state index in [1.807, 2.05) is 34.1 Å². The van der Waals surface area contributed by atoms with Gasteiger partial charge >= 0.3 is 0 Å². The fourth-order valence-electron chi connectivity index (χ4n) is 3.51. The van der Waals surface area contributed by atoms with Gasteiger partial charge in [-0.1, -0.05) is 12.1 Å². The molecule has 31 heavy (non-hydrogen) atoms. The van der Waals surface area contributed by atoms with Crippen LogP contribution in [0.15, 0.2) is 42.5 Å². The van der Waals surface area contributed by atoms with Gasteiger partial charge in [-0.05, 0) is 17.7 Å². The SMILES string of the molecule is COc1cccc(CC(=O)N2CCN(CC(=O)Nc3cc(OC)cc(OC)c3)CC2)c1. The van der Waals surface area contributed by atoms with Crippen molar-refractivity contribution in [1.29, 1.82) is 0 Å². The molecule has 1 heterocycles. The number of carbonyl (C=O) groups is 2. The lowest BCUT2D eigenvalue weighted by atomic mass is 10.1. The Morgan fingerprint density at radius 1 is 0.871 bits per heavy atom. The van der Waals surface area contributed by atoms with Crippen LogP contribution in [0, 0.1) is 0 Å². The topological polar surface area (TPSA) is 80.3 Å². The summed E-state index contributed by atoms with van der Waals surface area (Å²) in [5, 5.41) is 2.88. The molecule has 0 aliphatic carbocycles. The molecule has 0 unspecified atom stereocenters. The van der Waals surface area contributed by atoms with Crippen LogP contribution < -0.4 is 19.5 Å². The molecule has 0 aromatic heterocycles. The van der Waals surface area contributed by atoms with E-state index in [0.717, 1.165) is 11.3 Å². The number of amides is 2. The van der Waals surface area contributed by atoms with Crippen molar-refractivity contribution < 1.29 is 23.8 Å². The Bertz CT molecular complexity index is 888. The lowest BCUT2D eigenvalue weighted by molar-refractivity contribution is -0.132. The first kappa shape index (κ1) is 22.4. The van der Waals surface area contributed by atoms with Crippen molar-refractivity contribution in [3.63, 3.8) is 0 Å². The minimum absolute atomic E-state index is 0.0841. The molecule has 3 rings (SSSR count). The van der Waals surface area contributed by atoms with E-state index in [2.05, 4.69) is 5.32 Å². The molecule has 1 aliphatic rings. The third-order valence-corrected chi connectivity index (χ3v) is 5.22. The molecule has 0 saturated carbocycles. The minimum Gasteiger partial charge on any atom is -0.497 e. The fourth-order valence-corrected chi connectivity index (χ4v) is 3.51. The molecule has 1 N–H and O–H groups in total. The van der Waals surface area contributed by atoms with Crippen LogP contribution in [-0.2, 0) is 16.0 Å². The molecule has 8 nitrogen and oxygen atoms in total. The second kappa shape index (κ2) is 10.7. The zero-order valence-electron chi connectivity index (χ0n) is 18.2. The normalized spacial score (nSPS) is 14.1. The number of hydrogen-bond donors (Lipinski definition) is 1. The van der Waals surface area contributed by atoms with Gasteiger partial charge in [-0.15, -0.1) is 0 Å². The van der Waals surface area contributed by atoms with E-state index in [1.54, 1.807) is 39.5 Å². The highest BCUT2D eigenvalue weighted by molar-refractivity contribution is 5.92. The number of rotatable bonds is 8. The zero-order chi connectivity index (χ0) is 22.2. The number of carbonyl (C=O) groups excluding carboxylic acids is 2. The van der Waals surface area contributed by atoms with Gasteiger partial charge in [-0.2, -0.15) is 0 Å². The Morgan fingerprint density at radius 3 is 2.13 bits per heavy atom. The lowest BCUT2D eigenvalue weighted by Gasteiger charge is -2.34. The van der Waals surface area contributed by atoms with E-state index in [-0.39, 0.29) is 18.4 Å². The van der Waals surface area contributed by atoms with E-state index in [0.29, 0.717) is 49.8 Å². The summed E-state index contributed by atoms with van der Waals surface area (Å²) in [6, 6.07) is 12.8. The van der Waals surface area contributed by atoms with Crippen molar-refractivity contribution in [3.05, 3.63) is 48.0 Å². The predicted octanol–water partition coefficient (Wildman–Crippen LogP) is 2.04. The van der Waals surface area contributed by atoms with Crippen molar-refractivity contribution in [3.8, 4) is 17.2 Å². The average molecular weight is 428 g/mol. The first-order valence-electron chi connectivity index (χ1n) is 10.2. The Balaban J connectivity index is 1.47. The van der Waals surface area contributed by atoms with Crippen LogP contribution in [0.25, 0.3) is 0 Å². The van der Waals surface area contributed by atoms with Gasteiger partial charge < -0.3 is 24.4 Å². The van der Waals surface area contributed by atoms with Gasteiger partial charge in [0.25, 0.3) is 0 Å². The second-order valence-electron chi connectivity index (χ2n) is 7.33. The monoisotopic (exact) mass is 427 g/mol. The van der Waals surface area contributed by atoms with Crippen molar-refractivity contribution in [2.75, 3.05) is 59.4 Å². The van der Waals surface area contributed by atoms with Crippen molar-refractivity contribution >= 4 is 17.5 Å². The summed E-state index contributed by atoms with van der Waals surface area (Å²) < 4.78 is 15.7. The maximum Gasteiger partial charge on any atom is 0.238 e. The average Bonchev–Trinajstić information content (AvgIpc) is 2.79. The van der Waals surface area contributed by atoms with Gasteiger partial charge in [-0.25, -0.2) is 0 Å². The molecule has 0 atom stereocenters. The molecule has 2 aromatic carbocycles. The van der Waals surface area contributed by atoms with Crippen LogP contribution in [0.5, 0.6) is 17.2 Å². The van der Waals surface area contributed by atoms with Crippen molar-refractivity contribution in [2.45, 2.75) is 6.42 Å². The summed E-state index contributed by atoms with van der Waals surface area (Å²) in [4.78, 5) is 29.0. The summed E-state index contributed by atoms with van der Waals surface area (Å²) in [6.07, 6.45) is 0.343. The van der Waals surface area contributed by atoms with E-state index in [4.69, 9.17) is 14.2 Å². The Morgan fingerprint density at radius 2 is 1.52 bits per heavy atom. The van der Waals surface area contributed by atoms with Gasteiger partial charge in [0.05, 0.1) is 34.3 Å². The third-order valence-electron chi connectivity index (χ3n) is 5.22. The zero-order valence-corrected chi connectivity index (χ0v) is 18.2. The summed E-state index contributed by atoms with van der Waals surface area (Å²) in [6.45, 7) is 2.76. The number of nitrogens with one attached hydrogen (secondary N) is 1. The second-order valence-corrected chi connectivity index (χ2v) is 7.33. The van der Waals surface area contributed by atoms with Gasteiger partial charge in [0.15, 0.2) is 0 Å². The van der Waals surface area contributed by atoms with Gasteiger partial charge in [0, 0.05) is 50.1 Å². The molecular formula is C23H29N3O5. The highest BCUT2D eigenvalue weighted by atomic mass is 16.5. The standard InChI is InChI=1S/C23H29N3O5/c1-29-19-6-4-5-17(11-19)12-23(28)26-9-7-25(8-10-26)16-22(27)24-18-13-20(30-2)15-21(14-18)31-3/h4-6,11,13-15H,7-10,12,16H2,1-3H3,(H,24,27). The largest absolute Gasteiger partial charge is 0.497 e. The number of ether oxygens (including phenoxy) is 3. The molecule has 2 aromatic rings. The van der Waals surface area contributed by atoms with Crippen LogP contribution in [-0.4, -0.2) is 75.7 Å². The third kappa shape index (κ3) is 6.36. The van der Waals surface area contributed by atoms with E-state index >= 15 is 0 Å². The summed E-state index contributed by atoms with van der Waals surface area (Å²) in [5.74, 6) is 1.93. The molecule has 0 bridgehead atoms. The first-order valence-corrected chi connectivity index (χ1v) is 10.2. The van der Waals surface area contributed by atoms with Crippen molar-refractivity contribution in [2.24, 2.45) is 0 Å². The lowest BCUT2D eigenvalue weighted by Crippen LogP contribution is -2.50. The van der Waals surface area contributed by atoms with Crippen molar-refractivity contribution in [1.82, 2.24) is 9.80 Å². The van der Waals surface area contributed by atoms with Gasteiger partial charge in [0.1, 0.15) is 17.2 Å². The van der Waals surface area contributed by atoms with Crippen LogP contribution in [0.3, 0.4) is 0 Å². The predicted molar refractivity (Wildman–Crippen MR) is 118 cm³/mol. The number of benzene rings is 2. The number of piperazine rings is 1. The number of hydrogen-bond acceptors (Lipinski definition) is 6. The first-order chi connectivity index (χ1) is 15.0. The molecular weight excluding hydrogens is 398 g/mol. The van der Waals surface area contributed by atoms with E-state index in [9.17, 15) is 9.59 Å².